The molecule has 0 saturated carbocycles. The number of ether oxygens (including phenoxy) is 3. The number of benzene rings is 1. The Labute approximate surface area is 155 Å². The van der Waals surface area contributed by atoms with Crippen molar-refractivity contribution in [2.24, 2.45) is 0 Å². The summed E-state index contributed by atoms with van der Waals surface area (Å²) in [5, 5.41) is 0. The van der Waals surface area contributed by atoms with Gasteiger partial charge in [-0.2, -0.15) is 0 Å². The van der Waals surface area contributed by atoms with Crippen LogP contribution in [0.1, 0.15) is 30.9 Å². The Morgan fingerprint density at radius 1 is 1.08 bits per heavy atom. The number of piperidine rings is 1. The van der Waals surface area contributed by atoms with Crippen molar-refractivity contribution < 1.29 is 14.2 Å². The number of rotatable bonds is 9. The van der Waals surface area contributed by atoms with E-state index in [4.69, 9.17) is 14.2 Å². The highest BCUT2D eigenvalue weighted by atomic mass is 16.5. The van der Waals surface area contributed by atoms with Crippen molar-refractivity contribution >= 4 is 0 Å². The second-order valence-electron chi connectivity index (χ2n) is 6.47. The minimum absolute atomic E-state index is 0.467. The van der Waals surface area contributed by atoms with Crippen LogP contribution in [0.3, 0.4) is 0 Å². The number of hydrogen-bond acceptors (Lipinski definition) is 5. The van der Waals surface area contributed by atoms with Gasteiger partial charge in [0.2, 0.25) is 0 Å². The first-order valence-corrected chi connectivity index (χ1v) is 9.35. The van der Waals surface area contributed by atoms with E-state index in [0.29, 0.717) is 19.3 Å². The molecule has 3 rings (SSSR count). The molecule has 1 saturated heterocycles. The summed E-state index contributed by atoms with van der Waals surface area (Å²) >= 11 is 0. The van der Waals surface area contributed by atoms with Crippen molar-refractivity contribution in [1.82, 2.24) is 9.88 Å². The smallest absolute Gasteiger partial charge is 0.123 e. The van der Waals surface area contributed by atoms with E-state index in [9.17, 15) is 0 Å². The summed E-state index contributed by atoms with van der Waals surface area (Å²) in [6.07, 6.45) is 7.57. The normalized spacial score (nSPS) is 17.8. The highest BCUT2D eigenvalue weighted by Crippen LogP contribution is 2.29. The van der Waals surface area contributed by atoms with Crippen LogP contribution in [0.15, 0.2) is 48.8 Å². The predicted molar refractivity (Wildman–Crippen MR) is 102 cm³/mol. The van der Waals surface area contributed by atoms with E-state index in [2.05, 4.69) is 16.0 Å². The van der Waals surface area contributed by atoms with E-state index in [1.807, 2.05) is 42.7 Å². The van der Waals surface area contributed by atoms with E-state index in [1.54, 1.807) is 7.11 Å². The molecule has 2 heterocycles. The van der Waals surface area contributed by atoms with E-state index in [1.165, 1.54) is 24.8 Å². The highest BCUT2D eigenvalue weighted by molar-refractivity contribution is 5.32. The molecule has 26 heavy (non-hydrogen) atoms. The maximum absolute atomic E-state index is 5.79. The summed E-state index contributed by atoms with van der Waals surface area (Å²) in [6.45, 7) is 3.92. The molecule has 2 aromatic rings. The van der Waals surface area contributed by atoms with Gasteiger partial charge in [-0.3, -0.25) is 9.88 Å². The number of pyridine rings is 1. The molecule has 5 nitrogen and oxygen atoms in total. The molecule has 1 fully saturated rings. The Bertz CT molecular complexity index is 651. The van der Waals surface area contributed by atoms with Gasteiger partial charge in [0.15, 0.2) is 0 Å². The van der Waals surface area contributed by atoms with Crippen LogP contribution in [-0.2, 0) is 4.74 Å². The number of likely N-dealkylation sites (tertiary alicyclic amines) is 1. The maximum Gasteiger partial charge on any atom is 0.123 e. The van der Waals surface area contributed by atoms with Gasteiger partial charge in [0.25, 0.3) is 0 Å². The monoisotopic (exact) mass is 356 g/mol. The Kier molecular flexibility index (Phi) is 7.28. The molecule has 0 amide bonds. The van der Waals surface area contributed by atoms with Crippen LogP contribution in [-0.4, -0.2) is 49.9 Å². The lowest BCUT2D eigenvalue weighted by atomic mass is 9.96. The molecule has 1 aliphatic rings. The summed E-state index contributed by atoms with van der Waals surface area (Å²) in [6, 6.07) is 12.3. The molecule has 1 aromatic heterocycles. The van der Waals surface area contributed by atoms with Crippen LogP contribution >= 0.6 is 0 Å². The summed E-state index contributed by atoms with van der Waals surface area (Å²) in [4.78, 5) is 6.79. The Hall–Kier alpha value is -2.11. The van der Waals surface area contributed by atoms with E-state index >= 15 is 0 Å². The van der Waals surface area contributed by atoms with Gasteiger partial charge in [-0.25, -0.2) is 0 Å². The zero-order chi connectivity index (χ0) is 18.0. The van der Waals surface area contributed by atoms with Gasteiger partial charge in [0.1, 0.15) is 18.1 Å². The first-order chi connectivity index (χ1) is 12.9. The van der Waals surface area contributed by atoms with Gasteiger partial charge in [0, 0.05) is 31.0 Å². The molecule has 0 N–H and O–H groups in total. The predicted octanol–water partition coefficient (Wildman–Crippen LogP) is 3.71. The highest BCUT2D eigenvalue weighted by Gasteiger charge is 2.23. The third kappa shape index (κ3) is 5.44. The average molecular weight is 356 g/mol. The SMILES string of the molecule is COc1cccc(OCCOCCN2CCCCC2c2cccnc2)c1. The standard InChI is InChI=1S/C21H28N2O3/c1-24-19-7-4-8-20(16-19)26-15-14-25-13-12-23-11-3-2-9-21(23)18-6-5-10-22-17-18/h4-8,10,16-17,21H,2-3,9,11-15H2,1H3. The summed E-state index contributed by atoms with van der Waals surface area (Å²) in [7, 11) is 1.65. The van der Waals surface area contributed by atoms with Crippen LogP contribution in [0.4, 0.5) is 0 Å². The maximum atomic E-state index is 5.79. The fourth-order valence-corrected chi connectivity index (χ4v) is 3.40. The fourth-order valence-electron chi connectivity index (χ4n) is 3.40. The quantitative estimate of drug-likeness (QED) is 0.641. The largest absolute Gasteiger partial charge is 0.497 e. The number of hydrogen-bond donors (Lipinski definition) is 0. The average Bonchev–Trinajstić information content (AvgIpc) is 2.71. The fraction of sp³-hybridized carbons (Fsp3) is 0.476. The molecule has 0 spiro atoms. The summed E-state index contributed by atoms with van der Waals surface area (Å²) < 4.78 is 16.7. The van der Waals surface area contributed by atoms with Gasteiger partial charge >= 0.3 is 0 Å². The zero-order valence-corrected chi connectivity index (χ0v) is 15.5. The number of nitrogens with zero attached hydrogens (tertiary/aromatic N) is 2. The van der Waals surface area contributed by atoms with E-state index in [-0.39, 0.29) is 0 Å². The molecular formula is C21H28N2O3. The second-order valence-corrected chi connectivity index (χ2v) is 6.47. The lowest BCUT2D eigenvalue weighted by molar-refractivity contribution is 0.0571. The van der Waals surface area contributed by atoms with Crippen LogP contribution in [0.5, 0.6) is 11.5 Å². The van der Waals surface area contributed by atoms with Gasteiger partial charge < -0.3 is 14.2 Å². The van der Waals surface area contributed by atoms with Crippen molar-refractivity contribution in [2.45, 2.75) is 25.3 Å². The molecular weight excluding hydrogens is 328 g/mol. The third-order valence-corrected chi connectivity index (χ3v) is 4.74. The lowest BCUT2D eigenvalue weighted by Crippen LogP contribution is -2.36. The van der Waals surface area contributed by atoms with Crippen molar-refractivity contribution in [1.29, 1.82) is 0 Å². The topological polar surface area (TPSA) is 43.8 Å². The Morgan fingerprint density at radius 3 is 2.85 bits per heavy atom. The number of methoxy groups -OCH3 is 1. The molecule has 0 aliphatic carbocycles. The molecule has 1 aromatic carbocycles. The zero-order valence-electron chi connectivity index (χ0n) is 15.5. The lowest BCUT2D eigenvalue weighted by Gasteiger charge is -2.35. The first-order valence-electron chi connectivity index (χ1n) is 9.35. The molecule has 0 bridgehead atoms. The molecule has 1 atom stereocenters. The minimum atomic E-state index is 0.467. The molecule has 0 radical (unpaired) electrons. The number of aromatic nitrogens is 1. The van der Waals surface area contributed by atoms with Crippen LogP contribution < -0.4 is 9.47 Å². The molecule has 1 unspecified atom stereocenters. The van der Waals surface area contributed by atoms with Crippen molar-refractivity contribution in [3.05, 3.63) is 54.4 Å². The van der Waals surface area contributed by atoms with Gasteiger partial charge in [0.05, 0.1) is 20.3 Å². The second kappa shape index (κ2) is 10.1. The van der Waals surface area contributed by atoms with Crippen molar-refractivity contribution in [3.8, 4) is 11.5 Å². The molecule has 1 aliphatic heterocycles. The summed E-state index contributed by atoms with van der Waals surface area (Å²) in [5.41, 5.74) is 1.31. The van der Waals surface area contributed by atoms with Crippen LogP contribution in [0.25, 0.3) is 0 Å². The molecule has 5 heteroatoms. The van der Waals surface area contributed by atoms with Crippen LogP contribution in [0, 0.1) is 0 Å². The van der Waals surface area contributed by atoms with E-state index < -0.39 is 0 Å². The van der Waals surface area contributed by atoms with E-state index in [0.717, 1.165) is 31.2 Å². The minimum Gasteiger partial charge on any atom is -0.497 e. The Balaban J connectivity index is 1.37. The van der Waals surface area contributed by atoms with Crippen molar-refractivity contribution in [2.75, 3.05) is 40.0 Å². The molecule has 140 valence electrons. The van der Waals surface area contributed by atoms with Gasteiger partial charge in [-0.15, -0.1) is 0 Å². The van der Waals surface area contributed by atoms with Crippen molar-refractivity contribution in [3.63, 3.8) is 0 Å². The van der Waals surface area contributed by atoms with Gasteiger partial charge in [-0.1, -0.05) is 18.6 Å². The Morgan fingerprint density at radius 2 is 2.00 bits per heavy atom. The van der Waals surface area contributed by atoms with Crippen LogP contribution in [0.2, 0.25) is 0 Å². The third-order valence-electron chi connectivity index (χ3n) is 4.74. The van der Waals surface area contributed by atoms with Gasteiger partial charge in [-0.05, 0) is 43.1 Å². The first kappa shape index (κ1) is 18.7. The summed E-state index contributed by atoms with van der Waals surface area (Å²) in [5.74, 6) is 1.61.